The van der Waals surface area contributed by atoms with E-state index >= 15 is 0 Å². The minimum absolute atomic E-state index is 0.386. The maximum Gasteiger partial charge on any atom is 0.0729 e. The minimum atomic E-state index is 0.386. The van der Waals surface area contributed by atoms with Gasteiger partial charge >= 0.3 is 0 Å². The molecule has 0 bridgehead atoms. The maximum absolute atomic E-state index is 5.96. The van der Waals surface area contributed by atoms with E-state index in [2.05, 4.69) is 12.2 Å². The van der Waals surface area contributed by atoms with Gasteiger partial charge in [-0.2, -0.15) is 0 Å². The average Bonchev–Trinajstić information content (AvgIpc) is 2.58. The number of rotatable bonds is 8. The van der Waals surface area contributed by atoms with Crippen molar-refractivity contribution in [3.63, 3.8) is 0 Å². The van der Waals surface area contributed by atoms with Crippen molar-refractivity contribution in [1.82, 2.24) is 5.32 Å². The lowest BCUT2D eigenvalue weighted by molar-refractivity contribution is -0.0135. The SMILES string of the molecule is CCCCOCCOC1CCCCCC1NC. The zero-order valence-corrected chi connectivity index (χ0v) is 11.5. The number of likely N-dealkylation sites (N-methyl/N-ethyl adjacent to an activating group) is 1. The fourth-order valence-corrected chi connectivity index (χ4v) is 2.41. The summed E-state index contributed by atoms with van der Waals surface area (Å²) >= 11 is 0. The van der Waals surface area contributed by atoms with Crippen LogP contribution in [0.3, 0.4) is 0 Å². The molecule has 0 amide bonds. The molecule has 1 rings (SSSR count). The van der Waals surface area contributed by atoms with Crippen molar-refractivity contribution in [2.24, 2.45) is 0 Å². The summed E-state index contributed by atoms with van der Waals surface area (Å²) in [4.78, 5) is 0. The van der Waals surface area contributed by atoms with Crippen LogP contribution in [0.15, 0.2) is 0 Å². The molecule has 1 aliphatic carbocycles. The molecule has 1 N–H and O–H groups in total. The Hall–Kier alpha value is -0.120. The molecule has 0 aromatic carbocycles. The Morgan fingerprint density at radius 3 is 2.65 bits per heavy atom. The smallest absolute Gasteiger partial charge is 0.0729 e. The first-order chi connectivity index (χ1) is 8.38. The monoisotopic (exact) mass is 243 g/mol. The van der Waals surface area contributed by atoms with Gasteiger partial charge in [0.25, 0.3) is 0 Å². The van der Waals surface area contributed by atoms with Crippen LogP contribution < -0.4 is 5.32 Å². The fourth-order valence-electron chi connectivity index (χ4n) is 2.41. The second kappa shape index (κ2) is 9.86. The molecule has 0 saturated heterocycles. The van der Waals surface area contributed by atoms with Crippen molar-refractivity contribution in [2.45, 2.75) is 64.0 Å². The Morgan fingerprint density at radius 2 is 1.88 bits per heavy atom. The summed E-state index contributed by atoms with van der Waals surface area (Å²) in [5, 5.41) is 3.39. The summed E-state index contributed by atoms with van der Waals surface area (Å²) < 4.78 is 11.5. The normalized spacial score (nSPS) is 25.8. The topological polar surface area (TPSA) is 30.5 Å². The lowest BCUT2D eigenvalue weighted by Gasteiger charge is -2.25. The van der Waals surface area contributed by atoms with Gasteiger partial charge in [0.1, 0.15) is 0 Å². The number of unbranched alkanes of at least 4 members (excludes halogenated alkanes) is 1. The number of ether oxygens (including phenoxy) is 2. The highest BCUT2D eigenvalue weighted by molar-refractivity contribution is 4.78. The van der Waals surface area contributed by atoms with Crippen LogP contribution in [0.5, 0.6) is 0 Å². The first-order valence-electron chi connectivity index (χ1n) is 7.25. The third kappa shape index (κ3) is 6.39. The third-order valence-corrected chi connectivity index (χ3v) is 3.53. The van der Waals surface area contributed by atoms with Gasteiger partial charge in [-0.25, -0.2) is 0 Å². The first kappa shape index (κ1) is 14.9. The van der Waals surface area contributed by atoms with Crippen LogP contribution in [0.2, 0.25) is 0 Å². The molecule has 102 valence electrons. The van der Waals surface area contributed by atoms with Gasteiger partial charge < -0.3 is 14.8 Å². The highest BCUT2D eigenvalue weighted by atomic mass is 16.5. The molecule has 0 aliphatic heterocycles. The summed E-state index contributed by atoms with van der Waals surface area (Å²) in [7, 11) is 2.05. The van der Waals surface area contributed by atoms with E-state index in [1.165, 1.54) is 38.5 Å². The second-order valence-electron chi connectivity index (χ2n) is 4.91. The van der Waals surface area contributed by atoms with Crippen molar-refractivity contribution in [1.29, 1.82) is 0 Å². The second-order valence-corrected chi connectivity index (χ2v) is 4.91. The van der Waals surface area contributed by atoms with Gasteiger partial charge in [0.05, 0.1) is 19.3 Å². The minimum Gasteiger partial charge on any atom is -0.379 e. The van der Waals surface area contributed by atoms with Crippen molar-refractivity contribution in [3.8, 4) is 0 Å². The Morgan fingerprint density at radius 1 is 1.06 bits per heavy atom. The van der Waals surface area contributed by atoms with Gasteiger partial charge in [-0.1, -0.05) is 32.6 Å². The van der Waals surface area contributed by atoms with Crippen LogP contribution in [-0.2, 0) is 9.47 Å². The molecule has 3 nitrogen and oxygen atoms in total. The van der Waals surface area contributed by atoms with E-state index in [1.807, 2.05) is 7.05 Å². The Kier molecular flexibility index (Phi) is 8.67. The molecule has 0 aromatic heterocycles. The highest BCUT2D eigenvalue weighted by Crippen LogP contribution is 2.20. The van der Waals surface area contributed by atoms with Crippen LogP contribution in [-0.4, -0.2) is 39.0 Å². The Labute approximate surface area is 106 Å². The average molecular weight is 243 g/mol. The van der Waals surface area contributed by atoms with E-state index in [0.717, 1.165) is 26.2 Å². The zero-order chi connectivity index (χ0) is 12.3. The molecule has 0 spiro atoms. The van der Waals surface area contributed by atoms with E-state index in [9.17, 15) is 0 Å². The predicted octanol–water partition coefficient (Wildman–Crippen LogP) is 2.74. The molecule has 0 heterocycles. The van der Waals surface area contributed by atoms with Crippen molar-refractivity contribution >= 4 is 0 Å². The molecule has 3 heteroatoms. The highest BCUT2D eigenvalue weighted by Gasteiger charge is 2.22. The molecule has 1 aliphatic rings. The van der Waals surface area contributed by atoms with E-state index in [4.69, 9.17) is 9.47 Å². The zero-order valence-electron chi connectivity index (χ0n) is 11.5. The molecule has 0 radical (unpaired) electrons. The summed E-state index contributed by atoms with van der Waals surface area (Å²) in [6, 6.07) is 0.535. The van der Waals surface area contributed by atoms with Crippen molar-refractivity contribution in [2.75, 3.05) is 26.9 Å². The summed E-state index contributed by atoms with van der Waals surface area (Å²) in [6.45, 7) is 4.54. The molecule has 1 saturated carbocycles. The van der Waals surface area contributed by atoms with E-state index in [1.54, 1.807) is 0 Å². The van der Waals surface area contributed by atoms with Crippen LogP contribution in [0, 0.1) is 0 Å². The lowest BCUT2D eigenvalue weighted by atomic mass is 10.1. The molecular weight excluding hydrogens is 214 g/mol. The fraction of sp³-hybridized carbons (Fsp3) is 1.00. The van der Waals surface area contributed by atoms with Gasteiger partial charge in [-0.05, 0) is 26.3 Å². The maximum atomic E-state index is 5.96. The lowest BCUT2D eigenvalue weighted by Crippen LogP contribution is -2.39. The Bertz CT molecular complexity index is 176. The molecule has 1 fully saturated rings. The molecule has 2 unspecified atom stereocenters. The molecular formula is C14H29NO2. The number of hydrogen-bond acceptors (Lipinski definition) is 3. The van der Waals surface area contributed by atoms with Crippen LogP contribution in [0.4, 0.5) is 0 Å². The third-order valence-electron chi connectivity index (χ3n) is 3.53. The largest absolute Gasteiger partial charge is 0.379 e. The number of nitrogens with one attached hydrogen (secondary N) is 1. The molecule has 2 atom stereocenters. The summed E-state index contributed by atoms with van der Waals surface area (Å²) in [5.74, 6) is 0. The van der Waals surface area contributed by atoms with Gasteiger partial charge in [0.2, 0.25) is 0 Å². The quantitative estimate of drug-likeness (QED) is 0.525. The molecule has 0 aromatic rings. The van der Waals surface area contributed by atoms with Gasteiger partial charge in [0, 0.05) is 12.6 Å². The standard InChI is InChI=1S/C14H29NO2/c1-3-4-10-16-11-12-17-14-9-7-5-6-8-13(14)15-2/h13-15H,3-12H2,1-2H3. The van der Waals surface area contributed by atoms with Crippen LogP contribution >= 0.6 is 0 Å². The van der Waals surface area contributed by atoms with Crippen molar-refractivity contribution < 1.29 is 9.47 Å². The summed E-state index contributed by atoms with van der Waals surface area (Å²) in [6.07, 6.45) is 9.17. The summed E-state index contributed by atoms with van der Waals surface area (Å²) in [5.41, 5.74) is 0. The predicted molar refractivity (Wildman–Crippen MR) is 71.4 cm³/mol. The molecule has 17 heavy (non-hydrogen) atoms. The Balaban J connectivity index is 2.10. The van der Waals surface area contributed by atoms with E-state index < -0.39 is 0 Å². The van der Waals surface area contributed by atoms with Crippen LogP contribution in [0.1, 0.15) is 51.9 Å². The van der Waals surface area contributed by atoms with Crippen LogP contribution in [0.25, 0.3) is 0 Å². The van der Waals surface area contributed by atoms with Crippen molar-refractivity contribution in [3.05, 3.63) is 0 Å². The van der Waals surface area contributed by atoms with E-state index in [-0.39, 0.29) is 0 Å². The van der Waals surface area contributed by atoms with Gasteiger partial charge in [0.15, 0.2) is 0 Å². The van der Waals surface area contributed by atoms with E-state index in [0.29, 0.717) is 12.1 Å². The van der Waals surface area contributed by atoms with Gasteiger partial charge in [-0.15, -0.1) is 0 Å². The number of hydrogen-bond donors (Lipinski definition) is 1. The first-order valence-corrected chi connectivity index (χ1v) is 7.25. The van der Waals surface area contributed by atoms with Gasteiger partial charge in [-0.3, -0.25) is 0 Å².